The summed E-state index contributed by atoms with van der Waals surface area (Å²) in [7, 11) is 1.45. The van der Waals surface area contributed by atoms with Crippen LogP contribution in [-0.2, 0) is 28.7 Å². The first kappa shape index (κ1) is 36.4. The van der Waals surface area contributed by atoms with E-state index in [0.29, 0.717) is 58.7 Å². The maximum absolute atomic E-state index is 14.7. The number of anilines is 4. The molecule has 12 nitrogen and oxygen atoms in total. The minimum absolute atomic E-state index is 0.109. The Morgan fingerprint density at radius 1 is 0.655 bits per heavy atom. The Labute approximate surface area is 335 Å². The van der Waals surface area contributed by atoms with Crippen molar-refractivity contribution in [2.24, 2.45) is 29.6 Å². The summed E-state index contributed by atoms with van der Waals surface area (Å²) in [5.41, 5.74) is 4.47. The first-order valence-electron chi connectivity index (χ1n) is 18.7. The van der Waals surface area contributed by atoms with Gasteiger partial charge in [0.2, 0.25) is 23.6 Å². The van der Waals surface area contributed by atoms with E-state index in [1.165, 1.54) is 16.9 Å². The second-order valence-electron chi connectivity index (χ2n) is 14.9. The van der Waals surface area contributed by atoms with Crippen molar-refractivity contribution in [3.8, 4) is 11.5 Å². The number of carbonyl (C=O) groups excluding carboxylic acids is 4. The quantitative estimate of drug-likeness (QED) is 0.246. The third-order valence-electron chi connectivity index (χ3n) is 12.3. The molecule has 0 spiro atoms. The highest BCUT2D eigenvalue weighted by Gasteiger charge is 2.62. The average Bonchev–Trinajstić information content (AvgIpc) is 3.63. The minimum Gasteiger partial charge on any atom is -0.503 e. The number of carbonyl (C=O) groups is 4. The molecule has 55 heavy (non-hydrogen) atoms. The SMILES string of the molecule is COc1cc([C@H]2C3=CC[C@@H]4C(=O)N(c5ccc(N6CCOCC6)cc5)C(=O)[C@@H]4[C@@H]3C[C@H]3C(=O)N(c4ccc(N5CCOCC5)cc4)C(=O)[C@@H]23)c(Br)c(Br)c1O. The summed E-state index contributed by atoms with van der Waals surface area (Å²) >= 11 is 7.19. The van der Waals surface area contributed by atoms with Crippen LogP contribution in [0.5, 0.6) is 11.5 Å². The van der Waals surface area contributed by atoms with Crippen LogP contribution in [0.2, 0.25) is 0 Å². The number of benzene rings is 3. The zero-order chi connectivity index (χ0) is 38.1. The third kappa shape index (κ3) is 5.89. The number of halogens is 2. The van der Waals surface area contributed by atoms with E-state index in [4.69, 9.17) is 14.2 Å². The standard InChI is InChI=1S/C41H40Br2N4O8/c1-53-31-21-29(35(42)36(43)37(31)48)32-26-10-11-27-33(40(51)46(38(27)49)24-6-2-22(3-7-24)44-12-16-54-17-13-44)28(26)20-30-34(32)41(52)47(39(30)50)25-8-4-23(5-9-25)45-14-18-55-19-15-45/h2-10,21,27-28,30,32-34,48H,11-20H2,1H3/t27-,28+,30+,32+,33-,34+/m0/s1. The smallest absolute Gasteiger partial charge is 0.238 e. The molecule has 3 aromatic carbocycles. The molecule has 9 rings (SSSR count). The Balaban J connectivity index is 1.09. The van der Waals surface area contributed by atoms with Gasteiger partial charge in [-0.05, 0) is 111 Å². The molecule has 1 N–H and O–H groups in total. The molecule has 6 aliphatic rings. The van der Waals surface area contributed by atoms with Crippen LogP contribution < -0.4 is 24.3 Å². The van der Waals surface area contributed by atoms with Crippen LogP contribution in [-0.4, -0.2) is 88.5 Å². The fraction of sp³-hybridized carbons (Fsp3) is 0.415. The Morgan fingerprint density at radius 3 is 1.67 bits per heavy atom. The van der Waals surface area contributed by atoms with Crippen LogP contribution in [0.1, 0.15) is 24.3 Å². The molecule has 286 valence electrons. The lowest BCUT2D eigenvalue weighted by Crippen LogP contribution is -2.43. The minimum atomic E-state index is -0.793. The summed E-state index contributed by atoms with van der Waals surface area (Å²) < 4.78 is 17.4. The van der Waals surface area contributed by atoms with Crippen LogP contribution in [0.25, 0.3) is 0 Å². The molecular weight excluding hydrogens is 836 g/mol. The normalized spacial score (nSPS) is 27.9. The molecule has 4 aliphatic heterocycles. The number of phenols is 1. The Hall–Kier alpha value is -4.24. The molecule has 14 heteroatoms. The Kier molecular flexibility index (Phi) is 9.51. The Bertz CT molecular complexity index is 2100. The van der Waals surface area contributed by atoms with Gasteiger partial charge in [0, 0.05) is 47.9 Å². The number of hydrogen-bond donors (Lipinski definition) is 1. The number of morpholine rings is 2. The number of phenolic OH excluding ortho intramolecular Hbond substituents is 1. The highest BCUT2D eigenvalue weighted by Crippen LogP contribution is 2.60. The number of fused-ring (bicyclic) bond motifs is 4. The van der Waals surface area contributed by atoms with Gasteiger partial charge in [0.15, 0.2) is 11.5 Å². The molecule has 4 saturated heterocycles. The van der Waals surface area contributed by atoms with E-state index >= 15 is 0 Å². The molecule has 0 bridgehead atoms. The predicted octanol–water partition coefficient (Wildman–Crippen LogP) is 5.64. The largest absolute Gasteiger partial charge is 0.503 e. The maximum atomic E-state index is 14.7. The number of hydrogen-bond acceptors (Lipinski definition) is 10. The lowest BCUT2D eigenvalue weighted by molar-refractivity contribution is -0.126. The zero-order valence-corrected chi connectivity index (χ0v) is 33.3. The lowest BCUT2D eigenvalue weighted by atomic mass is 9.57. The topological polar surface area (TPSA) is 129 Å². The average molecular weight is 877 g/mol. The van der Waals surface area contributed by atoms with E-state index in [9.17, 15) is 24.3 Å². The molecule has 5 fully saturated rings. The van der Waals surface area contributed by atoms with Crippen LogP contribution in [0.4, 0.5) is 22.7 Å². The van der Waals surface area contributed by atoms with Crippen molar-refractivity contribution in [3.63, 3.8) is 0 Å². The number of imide groups is 2. The van der Waals surface area contributed by atoms with Crippen molar-refractivity contribution in [1.82, 2.24) is 0 Å². The third-order valence-corrected chi connectivity index (χ3v) is 14.5. The fourth-order valence-electron chi connectivity index (χ4n) is 9.71. The summed E-state index contributed by atoms with van der Waals surface area (Å²) in [4.78, 5) is 65.1. The van der Waals surface area contributed by atoms with Gasteiger partial charge in [0.05, 0.1) is 73.1 Å². The van der Waals surface area contributed by atoms with Crippen molar-refractivity contribution in [2.75, 3.05) is 79.3 Å². The number of amides is 4. The van der Waals surface area contributed by atoms with Crippen LogP contribution >= 0.6 is 31.9 Å². The van der Waals surface area contributed by atoms with Gasteiger partial charge in [-0.15, -0.1) is 0 Å². The van der Waals surface area contributed by atoms with Gasteiger partial charge in [-0.25, -0.2) is 0 Å². The molecular formula is C41H40Br2N4O8. The van der Waals surface area contributed by atoms with Crippen molar-refractivity contribution in [2.45, 2.75) is 18.8 Å². The monoisotopic (exact) mass is 874 g/mol. The van der Waals surface area contributed by atoms with E-state index in [1.54, 1.807) is 6.07 Å². The van der Waals surface area contributed by atoms with Gasteiger partial charge in [0.1, 0.15) is 0 Å². The van der Waals surface area contributed by atoms with Crippen LogP contribution in [0.3, 0.4) is 0 Å². The number of aromatic hydroxyl groups is 1. The predicted molar refractivity (Wildman–Crippen MR) is 212 cm³/mol. The molecule has 3 aromatic rings. The molecule has 1 saturated carbocycles. The highest BCUT2D eigenvalue weighted by atomic mass is 79.9. The second kappa shape index (κ2) is 14.4. The van der Waals surface area contributed by atoms with Crippen LogP contribution in [0.15, 0.2) is 75.2 Å². The first-order valence-corrected chi connectivity index (χ1v) is 20.3. The Morgan fingerprint density at radius 2 is 1.15 bits per heavy atom. The van der Waals surface area contributed by atoms with Gasteiger partial charge in [-0.3, -0.25) is 29.0 Å². The van der Waals surface area contributed by atoms with E-state index in [1.807, 2.05) is 54.6 Å². The van der Waals surface area contributed by atoms with Gasteiger partial charge in [-0.2, -0.15) is 0 Å². The van der Waals surface area contributed by atoms with Gasteiger partial charge >= 0.3 is 0 Å². The second-order valence-corrected chi connectivity index (χ2v) is 16.5. The van der Waals surface area contributed by atoms with E-state index in [0.717, 1.165) is 43.1 Å². The number of nitrogens with zero attached hydrogens (tertiary/aromatic N) is 4. The summed E-state index contributed by atoms with van der Waals surface area (Å²) in [5.74, 6) is -5.10. The van der Waals surface area contributed by atoms with Crippen molar-refractivity contribution in [3.05, 3.63) is 80.8 Å². The first-order chi connectivity index (χ1) is 26.7. The summed E-state index contributed by atoms with van der Waals surface area (Å²) in [5, 5.41) is 10.9. The number of ether oxygens (including phenoxy) is 3. The van der Waals surface area contributed by atoms with E-state index in [2.05, 4.69) is 41.7 Å². The number of rotatable bonds is 6. The van der Waals surface area contributed by atoms with Crippen molar-refractivity contribution >= 4 is 78.2 Å². The molecule has 2 aliphatic carbocycles. The number of methoxy groups -OCH3 is 1. The van der Waals surface area contributed by atoms with Gasteiger partial charge < -0.3 is 29.1 Å². The number of allylic oxidation sites excluding steroid dienone is 2. The molecule has 4 heterocycles. The van der Waals surface area contributed by atoms with E-state index in [-0.39, 0.29) is 41.5 Å². The van der Waals surface area contributed by atoms with Crippen LogP contribution in [0, 0.1) is 29.6 Å². The lowest BCUT2D eigenvalue weighted by Gasteiger charge is -2.44. The molecule has 0 aromatic heterocycles. The zero-order valence-electron chi connectivity index (χ0n) is 30.2. The van der Waals surface area contributed by atoms with E-state index < -0.39 is 35.5 Å². The summed E-state index contributed by atoms with van der Waals surface area (Å²) in [6.45, 7) is 5.60. The molecule has 6 atom stereocenters. The van der Waals surface area contributed by atoms with Crippen molar-refractivity contribution < 1.29 is 38.5 Å². The molecule has 0 radical (unpaired) electrons. The van der Waals surface area contributed by atoms with Crippen molar-refractivity contribution in [1.29, 1.82) is 0 Å². The highest BCUT2D eigenvalue weighted by molar-refractivity contribution is 9.13. The summed E-state index contributed by atoms with van der Waals surface area (Å²) in [6, 6.07) is 16.7. The maximum Gasteiger partial charge on any atom is 0.238 e. The molecule has 0 unspecified atom stereocenters. The summed E-state index contributed by atoms with van der Waals surface area (Å²) in [6.07, 6.45) is 2.58. The fourth-order valence-corrected chi connectivity index (χ4v) is 10.7. The molecule has 4 amide bonds. The van der Waals surface area contributed by atoms with Gasteiger partial charge in [-0.1, -0.05) is 11.6 Å². The van der Waals surface area contributed by atoms with Gasteiger partial charge in [0.25, 0.3) is 0 Å².